The number of carbonyl (C=O) groups is 1. The van der Waals surface area contributed by atoms with Gasteiger partial charge in [0.2, 0.25) is 5.89 Å². The van der Waals surface area contributed by atoms with E-state index in [1.807, 2.05) is 60.7 Å². The summed E-state index contributed by atoms with van der Waals surface area (Å²) in [5.74, 6) is 0.101. The highest BCUT2D eigenvalue weighted by Crippen LogP contribution is 2.30. The van der Waals surface area contributed by atoms with Crippen molar-refractivity contribution in [2.24, 2.45) is 0 Å². The molecule has 4 aromatic carbocycles. The first kappa shape index (κ1) is 21.4. The van der Waals surface area contributed by atoms with Crippen molar-refractivity contribution in [1.82, 2.24) is 10.3 Å². The van der Waals surface area contributed by atoms with Gasteiger partial charge in [0.1, 0.15) is 5.52 Å². The van der Waals surface area contributed by atoms with E-state index in [0.717, 1.165) is 21.9 Å². The molecule has 2 N–H and O–H groups in total. The smallest absolute Gasteiger partial charge is 0.257 e. The summed E-state index contributed by atoms with van der Waals surface area (Å²) in [6.07, 6.45) is 0. The fourth-order valence-electron chi connectivity index (χ4n) is 3.49. The van der Waals surface area contributed by atoms with Crippen molar-refractivity contribution >= 4 is 74.0 Å². The topological polar surface area (TPSA) is 67.2 Å². The minimum Gasteiger partial charge on any atom is -0.436 e. The highest BCUT2D eigenvalue weighted by molar-refractivity contribution is 7.80. The van der Waals surface area contributed by atoms with Gasteiger partial charge in [-0.3, -0.25) is 10.1 Å². The van der Waals surface area contributed by atoms with Crippen LogP contribution in [-0.4, -0.2) is 16.0 Å². The Morgan fingerprint density at radius 2 is 1.76 bits per heavy atom. The quantitative estimate of drug-likeness (QED) is 0.264. The first-order valence-electron chi connectivity index (χ1n) is 9.94. The van der Waals surface area contributed by atoms with Crippen molar-refractivity contribution in [3.8, 4) is 11.5 Å². The average Bonchev–Trinajstić information content (AvgIpc) is 3.26. The number of thiocarbonyl (C=S) groups is 1. The van der Waals surface area contributed by atoms with Gasteiger partial charge in [-0.2, -0.15) is 0 Å². The van der Waals surface area contributed by atoms with Crippen LogP contribution >= 0.6 is 35.4 Å². The number of fused-ring (bicyclic) bond motifs is 3. The fourth-order valence-corrected chi connectivity index (χ4v) is 4.00. The number of nitrogens with one attached hydrogen (secondary N) is 2. The zero-order valence-corrected chi connectivity index (χ0v) is 19.3. The molecule has 0 aliphatic rings. The van der Waals surface area contributed by atoms with Gasteiger partial charge < -0.3 is 9.73 Å². The van der Waals surface area contributed by atoms with Crippen molar-refractivity contribution in [3.05, 3.63) is 94.5 Å². The zero-order valence-electron chi connectivity index (χ0n) is 16.9. The summed E-state index contributed by atoms with van der Waals surface area (Å²) in [6.45, 7) is 0. The number of aromatic nitrogens is 1. The molecule has 0 aliphatic carbocycles. The minimum absolute atomic E-state index is 0.145. The molecule has 1 heterocycles. The molecule has 1 aromatic heterocycles. The van der Waals surface area contributed by atoms with Gasteiger partial charge in [-0.1, -0.05) is 59.6 Å². The Morgan fingerprint density at radius 1 is 0.909 bits per heavy atom. The van der Waals surface area contributed by atoms with Gasteiger partial charge in [-0.15, -0.1) is 0 Å². The third-order valence-electron chi connectivity index (χ3n) is 5.06. The summed E-state index contributed by atoms with van der Waals surface area (Å²) in [5.41, 5.74) is 3.33. The summed E-state index contributed by atoms with van der Waals surface area (Å²) in [4.78, 5) is 17.2. The third-order valence-corrected chi connectivity index (χ3v) is 6.00. The van der Waals surface area contributed by atoms with Crippen molar-refractivity contribution in [2.45, 2.75) is 0 Å². The molecule has 0 unspecified atom stereocenters. The number of hydrogen-bond donors (Lipinski definition) is 2. The Morgan fingerprint density at radius 3 is 2.61 bits per heavy atom. The van der Waals surface area contributed by atoms with Gasteiger partial charge in [0.15, 0.2) is 10.7 Å². The Hall–Kier alpha value is -3.45. The van der Waals surface area contributed by atoms with Crippen LogP contribution in [0.25, 0.3) is 33.3 Å². The van der Waals surface area contributed by atoms with Crippen LogP contribution < -0.4 is 10.6 Å². The van der Waals surface area contributed by atoms with E-state index in [1.165, 1.54) is 6.07 Å². The predicted octanol–water partition coefficient (Wildman–Crippen LogP) is 7.08. The summed E-state index contributed by atoms with van der Waals surface area (Å²) in [5, 5.41) is 8.59. The molecule has 5 aromatic rings. The number of anilines is 1. The van der Waals surface area contributed by atoms with Crippen molar-refractivity contribution in [1.29, 1.82) is 0 Å². The lowest BCUT2D eigenvalue weighted by Gasteiger charge is -2.10. The Labute approximate surface area is 204 Å². The van der Waals surface area contributed by atoms with Crippen molar-refractivity contribution in [3.63, 3.8) is 0 Å². The average molecular weight is 492 g/mol. The number of benzene rings is 4. The van der Waals surface area contributed by atoms with Gasteiger partial charge in [-0.05, 0) is 60.1 Å². The molecule has 33 heavy (non-hydrogen) atoms. The van der Waals surface area contributed by atoms with E-state index in [1.54, 1.807) is 12.1 Å². The van der Waals surface area contributed by atoms with Gasteiger partial charge >= 0.3 is 0 Å². The lowest BCUT2D eigenvalue weighted by molar-refractivity contribution is 0.0977. The van der Waals surface area contributed by atoms with Crippen LogP contribution in [0.4, 0.5) is 5.69 Å². The molecule has 0 fully saturated rings. The first-order chi connectivity index (χ1) is 16.0. The molecule has 0 bridgehead atoms. The van der Waals surface area contributed by atoms with Crippen LogP contribution in [0.1, 0.15) is 10.4 Å². The number of nitrogens with zero attached hydrogens (tertiary/aromatic N) is 1. The molecular formula is C25H15Cl2N3O2S. The molecule has 5 nitrogen and oxygen atoms in total. The second kappa shape index (κ2) is 8.83. The van der Waals surface area contributed by atoms with Crippen molar-refractivity contribution in [2.75, 3.05) is 5.32 Å². The van der Waals surface area contributed by atoms with Gasteiger partial charge in [0, 0.05) is 22.2 Å². The van der Waals surface area contributed by atoms with Gasteiger partial charge in [-0.25, -0.2) is 4.98 Å². The third kappa shape index (κ3) is 4.41. The lowest BCUT2D eigenvalue weighted by Crippen LogP contribution is -2.34. The normalized spacial score (nSPS) is 11.0. The van der Waals surface area contributed by atoms with Crippen molar-refractivity contribution < 1.29 is 9.21 Å². The van der Waals surface area contributed by atoms with E-state index < -0.39 is 5.91 Å². The maximum atomic E-state index is 12.4. The number of hydrogen-bond acceptors (Lipinski definition) is 4. The number of amides is 1. The van der Waals surface area contributed by atoms with E-state index in [0.29, 0.717) is 32.8 Å². The van der Waals surface area contributed by atoms with Crippen LogP contribution in [0.5, 0.6) is 0 Å². The second-order valence-electron chi connectivity index (χ2n) is 7.27. The minimum atomic E-state index is -0.395. The van der Waals surface area contributed by atoms with E-state index in [9.17, 15) is 4.79 Å². The molecule has 1 amide bonds. The van der Waals surface area contributed by atoms with Crippen LogP contribution in [0, 0.1) is 0 Å². The fraction of sp³-hybridized carbons (Fsp3) is 0. The summed E-state index contributed by atoms with van der Waals surface area (Å²) < 4.78 is 6.00. The van der Waals surface area contributed by atoms with Gasteiger partial charge in [0.05, 0.1) is 10.0 Å². The van der Waals surface area contributed by atoms with Crippen LogP contribution in [0.15, 0.2) is 83.3 Å². The molecule has 0 radical (unpaired) electrons. The molecule has 8 heteroatoms. The second-order valence-corrected chi connectivity index (χ2v) is 8.49. The summed E-state index contributed by atoms with van der Waals surface area (Å²) in [7, 11) is 0. The first-order valence-corrected chi connectivity index (χ1v) is 11.1. The van der Waals surface area contributed by atoms with Gasteiger partial charge in [0.25, 0.3) is 5.91 Å². The van der Waals surface area contributed by atoms with E-state index in [-0.39, 0.29) is 5.11 Å². The van der Waals surface area contributed by atoms with Crippen LogP contribution in [0.3, 0.4) is 0 Å². The zero-order chi connectivity index (χ0) is 22.9. The Kier molecular flexibility index (Phi) is 5.72. The van der Waals surface area contributed by atoms with Crippen LogP contribution in [0.2, 0.25) is 10.0 Å². The molecule has 0 spiro atoms. The monoisotopic (exact) mass is 491 g/mol. The highest BCUT2D eigenvalue weighted by atomic mass is 35.5. The number of halogens is 2. The van der Waals surface area contributed by atoms with E-state index in [2.05, 4.69) is 10.6 Å². The standard InChI is InChI=1S/C25H15Cl2N3O2S/c26-19-10-8-15(13-20(19)27)23(31)30-25(33)28-17-6-3-5-16(12-17)24-29-22-18-7-2-1-4-14(18)9-11-21(22)32-24/h1-13H,(H2,28,30,31,33). The molecular weight excluding hydrogens is 477 g/mol. The number of rotatable bonds is 3. The molecule has 5 rings (SSSR count). The number of carbonyl (C=O) groups excluding carboxylic acids is 1. The highest BCUT2D eigenvalue weighted by Gasteiger charge is 2.13. The molecule has 162 valence electrons. The summed E-state index contributed by atoms with van der Waals surface area (Å²) in [6, 6.07) is 24.0. The maximum absolute atomic E-state index is 12.4. The molecule has 0 aliphatic heterocycles. The number of oxazole rings is 1. The summed E-state index contributed by atoms with van der Waals surface area (Å²) >= 11 is 17.2. The molecule has 0 atom stereocenters. The Balaban J connectivity index is 1.36. The largest absolute Gasteiger partial charge is 0.436 e. The predicted molar refractivity (Wildman–Crippen MR) is 137 cm³/mol. The maximum Gasteiger partial charge on any atom is 0.257 e. The SMILES string of the molecule is O=C(NC(=S)Nc1cccc(-c2nc3c(ccc4ccccc43)o2)c1)c1ccc(Cl)c(Cl)c1. The van der Waals surface area contributed by atoms with E-state index >= 15 is 0 Å². The lowest BCUT2D eigenvalue weighted by atomic mass is 10.1. The van der Waals surface area contributed by atoms with Crippen LogP contribution in [-0.2, 0) is 0 Å². The molecule has 0 saturated heterocycles. The van der Waals surface area contributed by atoms with E-state index in [4.69, 9.17) is 44.8 Å². The Bertz CT molecular complexity index is 1550. The molecule has 0 saturated carbocycles.